The molecule has 4 amide bonds. The van der Waals surface area contributed by atoms with Crippen molar-refractivity contribution in [2.75, 3.05) is 19.8 Å². The predicted molar refractivity (Wildman–Crippen MR) is 557 cm³/mol. The van der Waals surface area contributed by atoms with Crippen LogP contribution in [-0.2, 0) is 110 Å². The number of fused-ring (bicyclic) bond motifs is 4. The third-order valence-corrected chi connectivity index (χ3v) is 22.2. The first-order valence-corrected chi connectivity index (χ1v) is 45.7. The van der Waals surface area contributed by atoms with Crippen molar-refractivity contribution < 1.29 is 129 Å². The molecule has 0 aliphatic rings. The fourth-order valence-corrected chi connectivity index (χ4v) is 16.1. The number of aliphatic carboxylic acids is 1. The van der Waals surface area contributed by atoms with Gasteiger partial charge in [0.1, 0.15) is 94.8 Å². The van der Waals surface area contributed by atoms with Crippen LogP contribution in [0.15, 0.2) is 236 Å². The number of benzene rings is 11. The van der Waals surface area contributed by atoms with Gasteiger partial charge in [-0.1, -0.05) is 92.4 Å². The molecule has 15 rings (SSSR count). The minimum Gasteiger partial charge on any atom is -0.870 e. The number of halogens is 3. The number of aryl methyl sites for hydroxylation is 4. The maximum Gasteiger partial charge on any atom is 1.00 e. The Hall–Kier alpha value is -13.8. The summed E-state index contributed by atoms with van der Waals surface area (Å²) in [6.45, 7) is 17.4. The number of amides is 4. The second kappa shape index (κ2) is 56.6. The maximum absolute atomic E-state index is 12.1. The fraction of sp³-hybridized carbons (Fsp3) is 0.217. The number of carboxylic acids is 1. The van der Waals surface area contributed by atoms with Crippen molar-refractivity contribution in [3.63, 3.8) is 0 Å². The van der Waals surface area contributed by atoms with Crippen LogP contribution in [0.3, 0.4) is 0 Å². The Kier molecular flexibility index (Phi) is 46.6. The first-order chi connectivity index (χ1) is 66.0. The number of hydrogen-bond acceptors (Lipinski definition) is 26. The zero-order valence-electron chi connectivity index (χ0n) is 79.0. The minimum absolute atomic E-state index is 0. The topological polar surface area (TPSA) is 550 Å². The number of esters is 3. The molecule has 0 fully saturated rings. The van der Waals surface area contributed by atoms with Crippen LogP contribution in [0, 0.1) is 46.2 Å². The predicted octanol–water partition coefficient (Wildman–Crippen LogP) is 14.1. The normalized spacial score (nSPS) is 10.3. The van der Waals surface area contributed by atoms with E-state index >= 15 is 0 Å². The van der Waals surface area contributed by atoms with Crippen LogP contribution in [0.25, 0.3) is 66.1 Å². The van der Waals surface area contributed by atoms with Crippen molar-refractivity contribution in [3.8, 4) is 51.3 Å². The number of rotatable bonds is 32. The van der Waals surface area contributed by atoms with Crippen LogP contribution >= 0.6 is 57.6 Å². The average Bonchev–Trinajstić information content (AvgIpc) is 1.63. The average molecular weight is 2170 g/mol. The first kappa shape index (κ1) is 117. The Morgan fingerprint density at radius 3 is 1.00 bits per heavy atom. The van der Waals surface area contributed by atoms with Gasteiger partial charge in [0.05, 0.1) is 64.3 Å². The number of carbonyl (C=O) groups excluding carboxylic acids is 7. The number of carboxylic acid groups (broad SMARTS) is 1. The molecule has 0 bridgehead atoms. The molecule has 0 radical (unpaired) electrons. The molecule has 15 aromatic rings. The smallest absolute Gasteiger partial charge is 0.870 e. The molecule has 0 saturated heterocycles. The summed E-state index contributed by atoms with van der Waals surface area (Å²) in [5.41, 5.74) is 55.7. The quantitative estimate of drug-likeness (QED) is 0.00810. The van der Waals surface area contributed by atoms with Crippen LogP contribution in [0.2, 0.25) is 0 Å². The molecule has 11 aromatic carbocycles. The van der Waals surface area contributed by atoms with Gasteiger partial charge in [-0.05, 0) is 283 Å². The molecule has 4 heterocycles. The Bertz CT molecular complexity index is 6990. The van der Waals surface area contributed by atoms with Crippen LogP contribution in [0.5, 0.6) is 23.0 Å². The van der Waals surface area contributed by atoms with E-state index in [4.69, 9.17) is 101 Å². The van der Waals surface area contributed by atoms with E-state index in [2.05, 4.69) is 57.0 Å². The van der Waals surface area contributed by atoms with Gasteiger partial charge in [-0.3, -0.25) is 38.4 Å². The molecule has 0 unspecified atom stereocenters. The van der Waals surface area contributed by atoms with Crippen LogP contribution in [-0.4, -0.2) is 95.1 Å². The number of hydrogen-bond donors (Lipinski definition) is 10. The largest absolute Gasteiger partial charge is 1.00 e. The van der Waals surface area contributed by atoms with E-state index in [1.807, 2.05) is 155 Å². The van der Waals surface area contributed by atoms with Gasteiger partial charge in [0.25, 0.3) is 0 Å². The summed E-state index contributed by atoms with van der Waals surface area (Å²) in [6, 6.07) is 68.0. The molecule has 142 heavy (non-hydrogen) atoms. The van der Waals surface area contributed by atoms with E-state index in [-0.39, 0.29) is 126 Å². The molecule has 0 saturated carbocycles. The van der Waals surface area contributed by atoms with Crippen LogP contribution < -0.4 is 83.4 Å². The summed E-state index contributed by atoms with van der Waals surface area (Å²) in [7, 11) is -1.40. The van der Waals surface area contributed by atoms with E-state index in [0.717, 1.165) is 135 Å². The van der Waals surface area contributed by atoms with Crippen molar-refractivity contribution in [2.24, 2.45) is 40.1 Å². The second-order valence-corrected chi connectivity index (χ2v) is 33.8. The molecule has 36 heteroatoms. The zero-order valence-corrected chi connectivity index (χ0v) is 84.1. The number of carbonyl (C=O) groups is 8. The van der Waals surface area contributed by atoms with E-state index < -0.39 is 30.8 Å². The summed E-state index contributed by atoms with van der Waals surface area (Å²) >= 11 is 4.47. The Morgan fingerprint density at radius 2 is 0.690 bits per heavy atom. The van der Waals surface area contributed by atoms with E-state index in [1.54, 1.807) is 99.6 Å². The molecule has 738 valence electrons. The number of primary amides is 4. The van der Waals surface area contributed by atoms with Gasteiger partial charge in [0.15, 0.2) is 0 Å². The van der Waals surface area contributed by atoms with Gasteiger partial charge < -0.3 is 112 Å². The summed E-state index contributed by atoms with van der Waals surface area (Å²) in [6.07, 6.45) is -0.0448. The van der Waals surface area contributed by atoms with E-state index in [1.165, 1.54) is 19.1 Å². The molecular weight excluding hydrogens is 2060 g/mol. The van der Waals surface area contributed by atoms with E-state index in [0.29, 0.717) is 107 Å². The van der Waals surface area contributed by atoms with Crippen LogP contribution in [0.1, 0.15) is 156 Å². The minimum atomic E-state index is -1.40. The van der Waals surface area contributed by atoms with Gasteiger partial charge in [-0.2, -0.15) is 5.26 Å². The SMILES string of the molecule is C.CC(N)=O.CCOC(=O)Cc1ccc(C#N)cc1OCc1cc(I)c2oc(C)cc2c1.CCOC(=O)Cc1ccc(C(N)=O)cc1OCc1cc(-c2cccc(CN)c2)c2oc(C)cc2c1.CCOC(=O)Cc1ccc(C(N)=O)cc1OCc1cc(I)c2oc(C)cc2c1.Cc1cc2cc(COc3cc(C(N)=O)ccc3CC(=O)O)cc(-c3cccc(CN)c3)c2o1.Cl.NCc1cccc(B(O)O)c1.[Li+].[OH-]. The molecule has 0 atom stereocenters. The van der Waals surface area contributed by atoms with E-state index in [9.17, 15) is 43.5 Å². The first-order valence-electron chi connectivity index (χ1n) is 43.5. The molecular formula is C106H111BClI2LiN8O23. The zero-order chi connectivity index (χ0) is 100.0. The van der Waals surface area contributed by atoms with Crippen molar-refractivity contribution in [1.82, 2.24) is 0 Å². The molecule has 0 aliphatic heterocycles. The molecule has 0 aliphatic carbocycles. The number of nitrogens with two attached hydrogens (primary N) is 7. The molecule has 0 spiro atoms. The van der Waals surface area contributed by atoms with Crippen LogP contribution in [0.4, 0.5) is 0 Å². The number of furan rings is 4. The summed E-state index contributed by atoms with van der Waals surface area (Å²) in [5.74, 6) is 0.836. The van der Waals surface area contributed by atoms with Gasteiger partial charge >= 0.3 is 49.9 Å². The van der Waals surface area contributed by atoms with Gasteiger partial charge in [0.2, 0.25) is 23.6 Å². The van der Waals surface area contributed by atoms with Gasteiger partial charge in [-0.25, -0.2) is 0 Å². The Balaban J connectivity index is 0.000000274. The number of nitriles is 1. The standard InChI is InChI=1S/C28H28N2O5.C26H24N2O5.C21H20INO5.C21H18INO4.C7H10BNO2.C2H5NO.CH4.ClH.Li.H2O/c1-3-33-26(31)14-21-7-8-22(28(30)32)13-25(21)34-16-19-11-23-9-17(2)35-27(23)24(12-19)20-6-4-5-18(10-20)15-29;1-15-7-21-9-17(10-22(25(21)33-15)18-4-2-3-16(8-18)13-27)14-32-23-11-20(26(28)31)6-5-19(23)12-24(29)30;1-3-26-19(24)10-14-4-5-15(21(23)25)9-18(14)27-11-13-7-16-6-12(2)28-20(16)17(22)8-13;1-3-25-20(24)10-16-5-4-14(11-23)9-19(16)26-12-15-7-17-6-13(2)27-21(17)18(22)8-15;9-5-6-2-1-3-7(4-6)8(10)11;1-2(3)4;;;;/h4-13H,3,14-16,29H2,1-2H3,(H2,30,32);2-11H,12-14,27H2,1H3,(H2,28,31)(H,29,30);4-9H,3,10-11H2,1-2H3,(H2,23,25);4-9H,3,10,12H2,1-2H3;1-4,10-11H,5,9H2;1H3,(H2,3,4);1H4;1H;;1H2/q;;;;;;;;+1;/p-1. The maximum atomic E-state index is 12.1. The van der Waals surface area contributed by atoms with Crippen molar-refractivity contribution in [3.05, 3.63) is 332 Å². The van der Waals surface area contributed by atoms with Gasteiger partial charge in [0, 0.05) is 98.2 Å². The fourth-order valence-electron chi connectivity index (χ4n) is 14.4. The second-order valence-electron chi connectivity index (χ2n) is 31.5. The monoisotopic (exact) mass is 2170 g/mol. The molecule has 4 aromatic heterocycles. The summed E-state index contributed by atoms with van der Waals surface area (Å²) in [5, 5.41) is 39.8. The van der Waals surface area contributed by atoms with Crippen molar-refractivity contribution in [1.29, 1.82) is 5.26 Å². The molecule has 18 N–H and O–H groups in total. The molecule has 31 nitrogen and oxygen atoms in total. The van der Waals surface area contributed by atoms with Crippen molar-refractivity contribution >= 4 is 162 Å². The summed E-state index contributed by atoms with van der Waals surface area (Å²) in [4.78, 5) is 91.1. The van der Waals surface area contributed by atoms with Gasteiger partial charge in [-0.15, -0.1) is 12.4 Å². The number of ether oxygens (including phenoxy) is 7. The van der Waals surface area contributed by atoms with Crippen molar-refractivity contribution in [2.45, 2.75) is 135 Å². The number of nitrogens with zero attached hydrogens (tertiary/aromatic N) is 1. The third-order valence-electron chi connectivity index (χ3n) is 20.6. The Morgan fingerprint density at radius 1 is 0.394 bits per heavy atom. The third kappa shape index (κ3) is 34.0. The Labute approximate surface area is 866 Å². The summed E-state index contributed by atoms with van der Waals surface area (Å²) < 4.78 is 64.5.